The molecule has 1 atom stereocenters. The molecule has 1 unspecified atom stereocenters. The molecule has 0 aliphatic rings. The molecule has 2 heterocycles. The van der Waals surface area contributed by atoms with Crippen LogP contribution in [0.5, 0.6) is 0 Å². The third kappa shape index (κ3) is 2.59. The molecule has 0 saturated carbocycles. The zero-order valence-electron chi connectivity index (χ0n) is 11.2. The van der Waals surface area contributed by atoms with Crippen molar-refractivity contribution in [3.63, 3.8) is 0 Å². The predicted octanol–water partition coefficient (Wildman–Crippen LogP) is 2.31. The molecule has 0 saturated heterocycles. The number of rotatable bonds is 5. The molecule has 18 heavy (non-hydrogen) atoms. The van der Waals surface area contributed by atoms with E-state index in [-0.39, 0.29) is 6.04 Å². The first-order valence-electron chi connectivity index (χ1n) is 6.45. The summed E-state index contributed by atoms with van der Waals surface area (Å²) in [5, 5.41) is 7.81. The summed E-state index contributed by atoms with van der Waals surface area (Å²) in [6, 6.07) is 8.30. The lowest BCUT2D eigenvalue weighted by molar-refractivity contribution is 0.534. The van der Waals surface area contributed by atoms with Crippen molar-refractivity contribution < 1.29 is 0 Å². The van der Waals surface area contributed by atoms with E-state index in [1.807, 2.05) is 23.9 Å². The summed E-state index contributed by atoms with van der Waals surface area (Å²) in [5.41, 5.74) is 3.25. The number of aryl methyl sites for hydroxylation is 2. The molecule has 0 aliphatic carbocycles. The van der Waals surface area contributed by atoms with Crippen LogP contribution in [0.15, 0.2) is 30.5 Å². The third-order valence-corrected chi connectivity index (χ3v) is 2.96. The first kappa shape index (κ1) is 12.8. The van der Waals surface area contributed by atoms with E-state index in [1.165, 1.54) is 0 Å². The van der Waals surface area contributed by atoms with Gasteiger partial charge < -0.3 is 5.32 Å². The molecular weight excluding hydrogens is 224 g/mol. The van der Waals surface area contributed by atoms with E-state index >= 15 is 0 Å². The molecule has 0 radical (unpaired) electrons. The quantitative estimate of drug-likeness (QED) is 0.877. The second-order valence-corrected chi connectivity index (χ2v) is 4.27. The van der Waals surface area contributed by atoms with Crippen LogP contribution >= 0.6 is 0 Å². The summed E-state index contributed by atoms with van der Waals surface area (Å²) in [6.07, 6.45) is 1.85. The van der Waals surface area contributed by atoms with Crippen molar-refractivity contribution in [1.29, 1.82) is 0 Å². The first-order chi connectivity index (χ1) is 8.76. The predicted molar refractivity (Wildman–Crippen MR) is 72.4 cm³/mol. The molecule has 0 bridgehead atoms. The molecule has 0 aromatic carbocycles. The van der Waals surface area contributed by atoms with Crippen LogP contribution in [-0.2, 0) is 6.54 Å². The summed E-state index contributed by atoms with van der Waals surface area (Å²) in [5.74, 6) is 0. The highest BCUT2D eigenvalue weighted by atomic mass is 15.3. The van der Waals surface area contributed by atoms with Gasteiger partial charge in [-0.3, -0.25) is 9.67 Å². The Morgan fingerprint density at radius 3 is 2.78 bits per heavy atom. The van der Waals surface area contributed by atoms with Gasteiger partial charge in [0, 0.05) is 18.4 Å². The Kier molecular flexibility index (Phi) is 4.10. The molecule has 0 spiro atoms. The van der Waals surface area contributed by atoms with Crippen LogP contribution in [0.1, 0.15) is 37.0 Å². The number of aromatic nitrogens is 3. The topological polar surface area (TPSA) is 42.7 Å². The first-order valence-corrected chi connectivity index (χ1v) is 6.45. The average molecular weight is 244 g/mol. The summed E-state index contributed by atoms with van der Waals surface area (Å²) in [4.78, 5) is 4.62. The maximum absolute atomic E-state index is 4.62. The zero-order chi connectivity index (χ0) is 13.0. The Labute approximate surface area is 108 Å². The Morgan fingerprint density at radius 1 is 1.28 bits per heavy atom. The second-order valence-electron chi connectivity index (χ2n) is 4.27. The number of nitrogens with one attached hydrogen (secondary N) is 1. The third-order valence-electron chi connectivity index (χ3n) is 2.96. The van der Waals surface area contributed by atoms with Crippen LogP contribution in [0.25, 0.3) is 0 Å². The molecule has 0 fully saturated rings. The minimum Gasteiger partial charge on any atom is -0.304 e. The molecule has 0 amide bonds. The lowest BCUT2D eigenvalue weighted by Crippen LogP contribution is -2.25. The van der Waals surface area contributed by atoms with Crippen molar-refractivity contribution in [2.24, 2.45) is 0 Å². The van der Waals surface area contributed by atoms with Crippen LogP contribution in [0, 0.1) is 6.92 Å². The SMILES string of the molecule is CCNC(c1cccc(C)n1)c1ccnn1CC. The van der Waals surface area contributed by atoms with Gasteiger partial charge in [0.15, 0.2) is 0 Å². The van der Waals surface area contributed by atoms with E-state index in [1.54, 1.807) is 0 Å². The van der Waals surface area contributed by atoms with Crippen LogP contribution in [0.4, 0.5) is 0 Å². The molecule has 2 aromatic rings. The van der Waals surface area contributed by atoms with Crippen molar-refractivity contribution in [1.82, 2.24) is 20.1 Å². The minimum atomic E-state index is 0.109. The Balaban J connectivity index is 2.39. The number of nitrogens with zero attached hydrogens (tertiary/aromatic N) is 3. The molecule has 1 N–H and O–H groups in total. The van der Waals surface area contributed by atoms with Crippen molar-refractivity contribution in [3.8, 4) is 0 Å². The summed E-state index contributed by atoms with van der Waals surface area (Å²) >= 11 is 0. The number of hydrogen-bond donors (Lipinski definition) is 1. The summed E-state index contributed by atoms with van der Waals surface area (Å²) < 4.78 is 2.01. The number of hydrogen-bond acceptors (Lipinski definition) is 3. The van der Waals surface area contributed by atoms with Gasteiger partial charge in [0.05, 0.1) is 17.4 Å². The fraction of sp³-hybridized carbons (Fsp3) is 0.429. The van der Waals surface area contributed by atoms with Crippen molar-refractivity contribution in [2.45, 2.75) is 33.4 Å². The molecular formula is C14H20N4. The smallest absolute Gasteiger partial charge is 0.0921 e. The maximum Gasteiger partial charge on any atom is 0.0921 e. The van der Waals surface area contributed by atoms with E-state index in [0.717, 1.165) is 30.2 Å². The van der Waals surface area contributed by atoms with Crippen molar-refractivity contribution >= 4 is 0 Å². The van der Waals surface area contributed by atoms with Gasteiger partial charge in [-0.25, -0.2) is 0 Å². The highest BCUT2D eigenvalue weighted by Crippen LogP contribution is 2.20. The molecule has 2 aromatic heterocycles. The van der Waals surface area contributed by atoms with Gasteiger partial charge in [-0.05, 0) is 38.6 Å². The molecule has 4 heteroatoms. The molecule has 96 valence electrons. The Morgan fingerprint density at radius 2 is 2.11 bits per heavy atom. The van der Waals surface area contributed by atoms with Gasteiger partial charge >= 0.3 is 0 Å². The van der Waals surface area contributed by atoms with E-state index < -0.39 is 0 Å². The normalized spacial score (nSPS) is 12.6. The van der Waals surface area contributed by atoms with Crippen molar-refractivity contribution in [2.75, 3.05) is 6.54 Å². The van der Waals surface area contributed by atoms with E-state index in [9.17, 15) is 0 Å². The highest BCUT2D eigenvalue weighted by Gasteiger charge is 2.18. The van der Waals surface area contributed by atoms with Gasteiger partial charge in [-0.15, -0.1) is 0 Å². The van der Waals surface area contributed by atoms with Crippen LogP contribution in [0.2, 0.25) is 0 Å². The van der Waals surface area contributed by atoms with Gasteiger partial charge in [0.2, 0.25) is 0 Å². The van der Waals surface area contributed by atoms with Gasteiger partial charge in [-0.2, -0.15) is 5.10 Å². The van der Waals surface area contributed by atoms with Crippen LogP contribution in [-0.4, -0.2) is 21.3 Å². The zero-order valence-corrected chi connectivity index (χ0v) is 11.2. The molecule has 4 nitrogen and oxygen atoms in total. The average Bonchev–Trinajstić information content (AvgIpc) is 2.84. The minimum absolute atomic E-state index is 0.109. The van der Waals surface area contributed by atoms with Gasteiger partial charge in [0.1, 0.15) is 0 Å². The second kappa shape index (κ2) is 5.78. The van der Waals surface area contributed by atoms with E-state index in [2.05, 4.69) is 47.4 Å². The summed E-state index contributed by atoms with van der Waals surface area (Å²) in [6.45, 7) is 7.99. The monoisotopic (exact) mass is 244 g/mol. The van der Waals surface area contributed by atoms with Crippen LogP contribution in [0.3, 0.4) is 0 Å². The lowest BCUT2D eigenvalue weighted by Gasteiger charge is -2.19. The fourth-order valence-corrected chi connectivity index (χ4v) is 2.14. The van der Waals surface area contributed by atoms with Gasteiger partial charge in [0.25, 0.3) is 0 Å². The molecule has 0 aliphatic heterocycles. The van der Waals surface area contributed by atoms with Crippen molar-refractivity contribution in [3.05, 3.63) is 47.5 Å². The highest BCUT2D eigenvalue weighted by molar-refractivity contribution is 5.23. The van der Waals surface area contributed by atoms with Crippen LogP contribution < -0.4 is 5.32 Å². The fourth-order valence-electron chi connectivity index (χ4n) is 2.14. The number of pyridine rings is 1. The maximum atomic E-state index is 4.62. The lowest BCUT2D eigenvalue weighted by atomic mass is 10.1. The summed E-state index contributed by atoms with van der Waals surface area (Å²) in [7, 11) is 0. The van der Waals surface area contributed by atoms with E-state index in [0.29, 0.717) is 0 Å². The largest absolute Gasteiger partial charge is 0.304 e. The standard InChI is InChI=1S/C14H20N4/c1-4-15-14(12-8-6-7-11(3)17-12)13-9-10-16-18(13)5-2/h6-10,14-15H,4-5H2,1-3H3. The van der Waals surface area contributed by atoms with Gasteiger partial charge in [-0.1, -0.05) is 13.0 Å². The Hall–Kier alpha value is -1.68. The Bertz CT molecular complexity index is 504. The van der Waals surface area contributed by atoms with E-state index in [4.69, 9.17) is 0 Å². The molecule has 2 rings (SSSR count).